The lowest BCUT2D eigenvalue weighted by molar-refractivity contribution is -0.122. The van der Waals surface area contributed by atoms with Crippen molar-refractivity contribution in [3.63, 3.8) is 0 Å². The Labute approximate surface area is 167 Å². The first-order chi connectivity index (χ1) is 14.1. The maximum Gasteiger partial charge on any atom is 0.259 e. The number of aryl methyl sites for hydroxylation is 3. The van der Waals surface area contributed by atoms with Crippen LogP contribution in [0.15, 0.2) is 48.8 Å². The number of nitrogens with one attached hydrogen (secondary N) is 2. The Bertz CT molecular complexity index is 1400. The van der Waals surface area contributed by atoms with Crippen molar-refractivity contribution in [1.82, 2.24) is 14.9 Å². The quantitative estimate of drug-likeness (QED) is 0.517. The molecule has 0 aliphatic carbocycles. The Kier molecular flexibility index (Phi) is 3.22. The summed E-state index contributed by atoms with van der Waals surface area (Å²) in [6, 6.07) is 12.2. The highest BCUT2D eigenvalue weighted by Crippen LogP contribution is 2.40. The summed E-state index contributed by atoms with van der Waals surface area (Å²) in [4.78, 5) is 29.0. The maximum absolute atomic E-state index is 12.9. The fraction of sp³-hybridized carbons (Fsp3) is 0.167. The average molecular weight is 381 g/mol. The van der Waals surface area contributed by atoms with Crippen LogP contribution in [0.2, 0.25) is 0 Å². The number of H-pyrrole nitrogens is 1. The molecule has 0 saturated heterocycles. The van der Waals surface area contributed by atoms with E-state index < -0.39 is 0 Å². The lowest BCUT2D eigenvalue weighted by Gasteiger charge is -2.15. The Morgan fingerprint density at radius 2 is 1.76 bits per heavy atom. The molecule has 2 aromatic carbocycles. The number of nitrogens with zero attached hydrogens (tertiary/aromatic N) is 1. The molecule has 2 aliphatic rings. The highest BCUT2D eigenvalue weighted by Gasteiger charge is 2.35. The van der Waals surface area contributed by atoms with Crippen molar-refractivity contribution < 1.29 is 9.59 Å². The molecule has 142 valence electrons. The van der Waals surface area contributed by atoms with Gasteiger partial charge >= 0.3 is 0 Å². The van der Waals surface area contributed by atoms with Gasteiger partial charge in [0.15, 0.2) is 0 Å². The number of carbonyl (C=O) groups excluding carboxylic acids is 2. The van der Waals surface area contributed by atoms with Crippen LogP contribution in [-0.2, 0) is 22.6 Å². The molecule has 2 aromatic heterocycles. The number of imide groups is 1. The first kappa shape index (κ1) is 16.4. The molecule has 4 heterocycles. The smallest absolute Gasteiger partial charge is 0.259 e. The molecular formula is C24H19N3O2. The molecule has 0 fully saturated rings. The summed E-state index contributed by atoms with van der Waals surface area (Å²) in [6.45, 7) is 3.01. The standard InChI is InChI=1S/C24H19N3O2/c1-13-9-14-5-4-8-27-12-18(16(10-13)22(14)27)21-20(23(28)26-24(21)29)17-11-25-19-7-3-2-6-15(17)19/h2-3,6-7,9-12,25H,4-5,8H2,1H3,(H,26,28,29). The van der Waals surface area contributed by atoms with Gasteiger partial charge in [-0.2, -0.15) is 0 Å². The van der Waals surface area contributed by atoms with Crippen LogP contribution in [0.4, 0.5) is 0 Å². The van der Waals surface area contributed by atoms with E-state index in [1.54, 1.807) is 0 Å². The summed E-state index contributed by atoms with van der Waals surface area (Å²) >= 11 is 0. The van der Waals surface area contributed by atoms with Crippen LogP contribution in [0.3, 0.4) is 0 Å². The van der Waals surface area contributed by atoms with Gasteiger partial charge in [0.25, 0.3) is 11.8 Å². The second kappa shape index (κ2) is 5.70. The molecule has 5 nitrogen and oxygen atoms in total. The second-order valence-corrected chi connectivity index (χ2v) is 7.94. The Hall–Kier alpha value is -3.60. The van der Waals surface area contributed by atoms with E-state index in [1.807, 2.05) is 30.5 Å². The van der Waals surface area contributed by atoms with E-state index in [0.717, 1.165) is 46.8 Å². The number of carbonyl (C=O) groups is 2. The van der Waals surface area contributed by atoms with Crippen molar-refractivity contribution in [2.24, 2.45) is 0 Å². The Morgan fingerprint density at radius 1 is 0.966 bits per heavy atom. The van der Waals surface area contributed by atoms with Gasteiger partial charge in [-0.25, -0.2) is 0 Å². The third kappa shape index (κ3) is 2.21. The summed E-state index contributed by atoms with van der Waals surface area (Å²) in [5, 5.41) is 4.52. The third-order valence-corrected chi connectivity index (χ3v) is 6.10. The largest absolute Gasteiger partial charge is 0.361 e. The zero-order valence-corrected chi connectivity index (χ0v) is 16.0. The van der Waals surface area contributed by atoms with Crippen molar-refractivity contribution in [1.29, 1.82) is 0 Å². The average Bonchev–Trinajstić information content (AvgIpc) is 3.36. The number of para-hydroxylation sites is 1. The number of hydrogen-bond acceptors (Lipinski definition) is 2. The van der Waals surface area contributed by atoms with Gasteiger partial charge < -0.3 is 9.55 Å². The van der Waals surface area contributed by atoms with Crippen LogP contribution in [0.25, 0.3) is 33.0 Å². The molecule has 6 rings (SSSR count). The predicted octanol–water partition coefficient (Wildman–Crippen LogP) is 3.94. The van der Waals surface area contributed by atoms with E-state index in [1.165, 1.54) is 16.6 Å². The summed E-state index contributed by atoms with van der Waals surface area (Å²) in [5.41, 5.74) is 7.16. The topological polar surface area (TPSA) is 66.9 Å². The number of aromatic nitrogens is 2. The van der Waals surface area contributed by atoms with E-state index in [-0.39, 0.29) is 11.8 Å². The molecule has 0 spiro atoms. The molecule has 2 aliphatic heterocycles. The lowest BCUT2D eigenvalue weighted by Crippen LogP contribution is -2.22. The van der Waals surface area contributed by atoms with E-state index in [2.05, 4.69) is 40.1 Å². The minimum absolute atomic E-state index is 0.323. The first-order valence-corrected chi connectivity index (χ1v) is 9.91. The number of hydrogen-bond donors (Lipinski definition) is 2. The van der Waals surface area contributed by atoms with E-state index in [4.69, 9.17) is 0 Å². The van der Waals surface area contributed by atoms with Crippen molar-refractivity contribution in [3.05, 3.63) is 71.0 Å². The van der Waals surface area contributed by atoms with Crippen molar-refractivity contribution in [2.75, 3.05) is 0 Å². The van der Waals surface area contributed by atoms with Crippen LogP contribution >= 0.6 is 0 Å². The number of benzene rings is 2. The van der Waals surface area contributed by atoms with E-state index >= 15 is 0 Å². The predicted molar refractivity (Wildman–Crippen MR) is 113 cm³/mol. The molecule has 0 atom stereocenters. The highest BCUT2D eigenvalue weighted by molar-refractivity contribution is 6.50. The number of fused-ring (bicyclic) bond motifs is 1. The van der Waals surface area contributed by atoms with Crippen molar-refractivity contribution >= 4 is 44.8 Å². The highest BCUT2D eigenvalue weighted by atomic mass is 16.2. The third-order valence-electron chi connectivity index (χ3n) is 6.10. The normalized spacial score (nSPS) is 16.3. The fourth-order valence-corrected chi connectivity index (χ4v) is 4.94. The minimum Gasteiger partial charge on any atom is -0.361 e. The van der Waals surface area contributed by atoms with Gasteiger partial charge in [-0.05, 0) is 37.5 Å². The Morgan fingerprint density at radius 3 is 2.62 bits per heavy atom. The van der Waals surface area contributed by atoms with Gasteiger partial charge in [-0.15, -0.1) is 0 Å². The first-order valence-electron chi connectivity index (χ1n) is 9.91. The molecule has 2 amide bonds. The molecule has 0 radical (unpaired) electrons. The minimum atomic E-state index is -0.335. The summed E-state index contributed by atoms with van der Waals surface area (Å²) in [6.07, 6.45) is 6.00. The van der Waals surface area contributed by atoms with Gasteiger partial charge in [0.2, 0.25) is 0 Å². The van der Waals surface area contributed by atoms with Gasteiger partial charge in [0.1, 0.15) is 0 Å². The molecule has 4 aromatic rings. The number of amides is 2. The van der Waals surface area contributed by atoms with Crippen molar-refractivity contribution in [3.8, 4) is 0 Å². The zero-order valence-electron chi connectivity index (χ0n) is 16.0. The van der Waals surface area contributed by atoms with Gasteiger partial charge in [0, 0.05) is 46.4 Å². The molecule has 0 saturated carbocycles. The molecular weight excluding hydrogens is 362 g/mol. The van der Waals surface area contributed by atoms with Crippen LogP contribution in [0.1, 0.15) is 28.7 Å². The van der Waals surface area contributed by atoms with Crippen LogP contribution in [0, 0.1) is 6.92 Å². The van der Waals surface area contributed by atoms with Crippen LogP contribution < -0.4 is 5.32 Å². The van der Waals surface area contributed by atoms with Crippen LogP contribution in [-0.4, -0.2) is 21.4 Å². The monoisotopic (exact) mass is 381 g/mol. The molecule has 2 N–H and O–H groups in total. The molecule has 0 bridgehead atoms. The molecule has 0 unspecified atom stereocenters. The molecule has 5 heteroatoms. The molecule has 29 heavy (non-hydrogen) atoms. The van der Waals surface area contributed by atoms with Crippen molar-refractivity contribution in [2.45, 2.75) is 26.3 Å². The Balaban J connectivity index is 1.70. The number of aromatic amines is 1. The summed E-state index contributed by atoms with van der Waals surface area (Å²) in [5.74, 6) is -0.657. The second-order valence-electron chi connectivity index (χ2n) is 7.94. The van der Waals surface area contributed by atoms with E-state index in [9.17, 15) is 9.59 Å². The number of rotatable bonds is 2. The lowest BCUT2D eigenvalue weighted by atomic mass is 9.94. The summed E-state index contributed by atoms with van der Waals surface area (Å²) < 4.78 is 2.23. The van der Waals surface area contributed by atoms with Gasteiger partial charge in [-0.1, -0.05) is 29.8 Å². The van der Waals surface area contributed by atoms with Gasteiger partial charge in [0.05, 0.1) is 16.7 Å². The fourth-order valence-electron chi connectivity index (χ4n) is 4.94. The maximum atomic E-state index is 12.9. The SMILES string of the molecule is Cc1cc2c3c(c1)c(C1=C(c4c[nH]c5ccccc45)C(=O)NC1=O)cn3CCC2. The zero-order chi connectivity index (χ0) is 19.7. The van der Waals surface area contributed by atoms with Gasteiger partial charge in [-0.3, -0.25) is 14.9 Å². The van der Waals surface area contributed by atoms with E-state index in [0.29, 0.717) is 11.1 Å². The van der Waals surface area contributed by atoms with Crippen LogP contribution in [0.5, 0.6) is 0 Å². The summed E-state index contributed by atoms with van der Waals surface area (Å²) in [7, 11) is 0.